The summed E-state index contributed by atoms with van der Waals surface area (Å²) < 4.78 is 5.46. The third-order valence-electron chi connectivity index (χ3n) is 3.95. The Morgan fingerprint density at radius 2 is 2.05 bits per heavy atom. The summed E-state index contributed by atoms with van der Waals surface area (Å²) in [6.45, 7) is 6.59. The van der Waals surface area contributed by atoms with Gasteiger partial charge in [-0.3, -0.25) is 4.79 Å². The summed E-state index contributed by atoms with van der Waals surface area (Å²) in [5, 5.41) is 18.8. The number of carbonyl (C=O) groups excluding carboxylic acids is 1. The SMILES string of the molecule is CCCC(C#N)(CCC)C(=O)N1CC(CO)OCC1C. The predicted molar refractivity (Wildman–Crippen MR) is 75.9 cm³/mol. The van der Waals surface area contributed by atoms with E-state index < -0.39 is 5.41 Å². The summed E-state index contributed by atoms with van der Waals surface area (Å²) >= 11 is 0. The van der Waals surface area contributed by atoms with E-state index in [0.717, 1.165) is 12.8 Å². The fourth-order valence-electron chi connectivity index (χ4n) is 2.84. The Bertz CT molecular complexity index is 359. The minimum atomic E-state index is -0.922. The Hall–Kier alpha value is -1.12. The van der Waals surface area contributed by atoms with Crippen molar-refractivity contribution in [3.05, 3.63) is 0 Å². The number of hydrogen-bond acceptors (Lipinski definition) is 4. The molecule has 0 saturated carbocycles. The number of morpholine rings is 1. The standard InChI is InChI=1S/C15H26N2O3/c1-4-6-15(11-16,7-5-2)14(19)17-8-13(9-18)20-10-12(17)3/h12-13,18H,4-10H2,1-3H3. The van der Waals surface area contributed by atoms with Crippen LogP contribution in [0.15, 0.2) is 0 Å². The number of rotatable bonds is 6. The van der Waals surface area contributed by atoms with Gasteiger partial charge in [-0.15, -0.1) is 0 Å². The summed E-state index contributed by atoms with van der Waals surface area (Å²) in [6, 6.07) is 2.22. The molecule has 1 saturated heterocycles. The maximum atomic E-state index is 12.9. The first-order chi connectivity index (χ1) is 9.54. The van der Waals surface area contributed by atoms with Gasteiger partial charge in [0.05, 0.1) is 31.4 Å². The van der Waals surface area contributed by atoms with Crippen LogP contribution in [-0.2, 0) is 9.53 Å². The Morgan fingerprint density at radius 1 is 1.45 bits per heavy atom. The largest absolute Gasteiger partial charge is 0.394 e. The molecule has 5 heteroatoms. The number of aliphatic hydroxyl groups is 1. The highest BCUT2D eigenvalue weighted by Crippen LogP contribution is 2.33. The minimum Gasteiger partial charge on any atom is -0.394 e. The fourth-order valence-corrected chi connectivity index (χ4v) is 2.84. The second-order valence-electron chi connectivity index (χ2n) is 5.64. The molecule has 0 bridgehead atoms. The van der Waals surface area contributed by atoms with Gasteiger partial charge in [0.25, 0.3) is 0 Å². The molecular weight excluding hydrogens is 256 g/mol. The first-order valence-electron chi connectivity index (χ1n) is 7.49. The van der Waals surface area contributed by atoms with E-state index in [-0.39, 0.29) is 24.7 Å². The zero-order chi connectivity index (χ0) is 15.2. The molecule has 2 unspecified atom stereocenters. The van der Waals surface area contributed by atoms with Gasteiger partial charge in [-0.1, -0.05) is 26.7 Å². The molecule has 1 aliphatic rings. The van der Waals surface area contributed by atoms with Crippen molar-refractivity contribution < 1.29 is 14.6 Å². The van der Waals surface area contributed by atoms with E-state index in [1.807, 2.05) is 20.8 Å². The number of hydrogen-bond donors (Lipinski definition) is 1. The molecule has 114 valence electrons. The van der Waals surface area contributed by atoms with Gasteiger partial charge in [0.1, 0.15) is 5.41 Å². The zero-order valence-electron chi connectivity index (χ0n) is 12.8. The molecule has 2 atom stereocenters. The van der Waals surface area contributed by atoms with Crippen molar-refractivity contribution in [3.63, 3.8) is 0 Å². The lowest BCUT2D eigenvalue weighted by Gasteiger charge is -2.41. The molecule has 20 heavy (non-hydrogen) atoms. The normalized spacial score (nSPS) is 23.4. The Morgan fingerprint density at radius 3 is 2.50 bits per heavy atom. The van der Waals surface area contributed by atoms with Crippen molar-refractivity contribution in [2.75, 3.05) is 19.8 Å². The van der Waals surface area contributed by atoms with Gasteiger partial charge in [0, 0.05) is 6.54 Å². The number of nitrogens with zero attached hydrogens (tertiary/aromatic N) is 2. The van der Waals surface area contributed by atoms with E-state index in [0.29, 0.717) is 26.0 Å². The number of carbonyl (C=O) groups is 1. The lowest BCUT2D eigenvalue weighted by atomic mass is 9.79. The van der Waals surface area contributed by atoms with Crippen molar-refractivity contribution in [2.24, 2.45) is 5.41 Å². The Labute approximate surface area is 121 Å². The topological polar surface area (TPSA) is 73.6 Å². The van der Waals surface area contributed by atoms with E-state index in [4.69, 9.17) is 4.74 Å². The van der Waals surface area contributed by atoms with Gasteiger partial charge in [0.2, 0.25) is 5.91 Å². The van der Waals surface area contributed by atoms with E-state index in [1.54, 1.807) is 4.90 Å². The number of ether oxygens (including phenoxy) is 1. The Kier molecular flexibility index (Phi) is 6.44. The first-order valence-corrected chi connectivity index (χ1v) is 7.49. The molecular formula is C15H26N2O3. The smallest absolute Gasteiger partial charge is 0.243 e. The second kappa shape index (κ2) is 7.61. The Balaban J connectivity index is 2.95. The highest BCUT2D eigenvalue weighted by molar-refractivity contribution is 5.85. The summed E-state index contributed by atoms with van der Waals surface area (Å²) in [6.07, 6.45) is 2.45. The number of nitriles is 1. The summed E-state index contributed by atoms with van der Waals surface area (Å²) in [5.74, 6) is -0.0991. The maximum absolute atomic E-state index is 12.9. The van der Waals surface area contributed by atoms with Crippen LogP contribution in [0.3, 0.4) is 0 Å². The van der Waals surface area contributed by atoms with Crippen LogP contribution >= 0.6 is 0 Å². The monoisotopic (exact) mass is 282 g/mol. The van der Waals surface area contributed by atoms with Crippen LogP contribution < -0.4 is 0 Å². The number of amides is 1. The molecule has 0 aromatic heterocycles. The van der Waals surface area contributed by atoms with Gasteiger partial charge in [-0.05, 0) is 19.8 Å². The van der Waals surface area contributed by atoms with Crippen LogP contribution in [0.25, 0.3) is 0 Å². The minimum absolute atomic E-state index is 0.0493. The molecule has 0 spiro atoms. The van der Waals surface area contributed by atoms with Crippen LogP contribution in [0.1, 0.15) is 46.5 Å². The van der Waals surface area contributed by atoms with Crippen LogP contribution in [-0.4, -0.2) is 47.8 Å². The van der Waals surface area contributed by atoms with Crippen molar-refractivity contribution >= 4 is 5.91 Å². The zero-order valence-corrected chi connectivity index (χ0v) is 12.8. The quantitative estimate of drug-likeness (QED) is 0.804. The molecule has 1 aliphatic heterocycles. The van der Waals surface area contributed by atoms with Crippen molar-refractivity contribution in [1.29, 1.82) is 5.26 Å². The van der Waals surface area contributed by atoms with Gasteiger partial charge >= 0.3 is 0 Å². The third kappa shape index (κ3) is 3.50. The lowest BCUT2D eigenvalue weighted by molar-refractivity contribution is -0.154. The van der Waals surface area contributed by atoms with Crippen molar-refractivity contribution in [3.8, 4) is 6.07 Å². The van der Waals surface area contributed by atoms with Crippen molar-refractivity contribution in [2.45, 2.75) is 58.6 Å². The van der Waals surface area contributed by atoms with E-state index >= 15 is 0 Å². The summed E-state index contributed by atoms with van der Waals surface area (Å²) in [4.78, 5) is 14.6. The summed E-state index contributed by atoms with van der Waals surface area (Å²) in [7, 11) is 0. The molecule has 0 radical (unpaired) electrons. The first kappa shape index (κ1) is 16.9. The van der Waals surface area contributed by atoms with Crippen LogP contribution in [0.5, 0.6) is 0 Å². The number of aliphatic hydroxyl groups excluding tert-OH is 1. The summed E-state index contributed by atoms with van der Waals surface area (Å²) in [5.41, 5.74) is -0.922. The van der Waals surface area contributed by atoms with Crippen LogP contribution in [0, 0.1) is 16.7 Å². The molecule has 5 nitrogen and oxygen atoms in total. The molecule has 1 fully saturated rings. The molecule has 1 N–H and O–H groups in total. The van der Waals surface area contributed by atoms with Gasteiger partial charge < -0.3 is 14.7 Å². The van der Waals surface area contributed by atoms with Gasteiger partial charge in [-0.2, -0.15) is 5.26 Å². The highest BCUT2D eigenvalue weighted by Gasteiger charge is 2.43. The van der Waals surface area contributed by atoms with Crippen molar-refractivity contribution in [1.82, 2.24) is 4.90 Å². The molecule has 0 aromatic rings. The molecule has 0 aliphatic carbocycles. The average molecular weight is 282 g/mol. The van der Waals surface area contributed by atoms with E-state index in [2.05, 4.69) is 6.07 Å². The lowest BCUT2D eigenvalue weighted by Crippen LogP contribution is -2.56. The molecule has 1 amide bonds. The van der Waals surface area contributed by atoms with Gasteiger partial charge in [-0.25, -0.2) is 0 Å². The molecule has 1 heterocycles. The third-order valence-corrected chi connectivity index (χ3v) is 3.95. The van der Waals surface area contributed by atoms with Crippen LogP contribution in [0.4, 0.5) is 0 Å². The highest BCUT2D eigenvalue weighted by atomic mass is 16.5. The van der Waals surface area contributed by atoms with E-state index in [9.17, 15) is 15.2 Å². The predicted octanol–water partition coefficient (Wildman–Crippen LogP) is 1.70. The van der Waals surface area contributed by atoms with Gasteiger partial charge in [0.15, 0.2) is 0 Å². The molecule has 0 aromatic carbocycles. The second-order valence-corrected chi connectivity index (χ2v) is 5.64. The van der Waals surface area contributed by atoms with E-state index in [1.165, 1.54) is 0 Å². The average Bonchev–Trinajstić information content (AvgIpc) is 2.46. The molecule has 1 rings (SSSR count). The fraction of sp³-hybridized carbons (Fsp3) is 0.867. The maximum Gasteiger partial charge on any atom is 0.243 e. The van der Waals surface area contributed by atoms with Crippen LogP contribution in [0.2, 0.25) is 0 Å².